The molecule has 1 heterocycles. The van der Waals surface area contributed by atoms with Crippen molar-refractivity contribution >= 4 is 29.1 Å². The molecular weight excluding hydrogens is 337 g/mol. The molecule has 0 radical (unpaired) electrons. The number of halogens is 2. The van der Waals surface area contributed by atoms with E-state index in [1.807, 2.05) is 12.1 Å². The van der Waals surface area contributed by atoms with Gasteiger partial charge in [-0.2, -0.15) is 0 Å². The van der Waals surface area contributed by atoms with Crippen molar-refractivity contribution in [2.75, 3.05) is 0 Å². The van der Waals surface area contributed by atoms with E-state index in [1.54, 1.807) is 30.3 Å². The quantitative estimate of drug-likeness (QED) is 0.787. The fraction of sp³-hybridized carbons (Fsp3) is 0.0667. The summed E-state index contributed by atoms with van der Waals surface area (Å²) in [5.41, 5.74) is 1.90. The summed E-state index contributed by atoms with van der Waals surface area (Å²) in [5.74, 6) is -0.287. The van der Waals surface area contributed by atoms with Crippen LogP contribution in [0.3, 0.4) is 0 Å². The van der Waals surface area contributed by atoms with Crippen molar-refractivity contribution in [1.29, 1.82) is 0 Å². The molecule has 0 aliphatic heterocycles. The van der Waals surface area contributed by atoms with Crippen LogP contribution in [0.15, 0.2) is 48.8 Å². The Bertz CT molecular complexity index is 836. The van der Waals surface area contributed by atoms with Crippen molar-refractivity contribution in [3.05, 3.63) is 70.0 Å². The maximum Gasteiger partial charge on any atom is 0.253 e. The predicted molar refractivity (Wildman–Crippen MR) is 86.8 cm³/mol. The van der Waals surface area contributed by atoms with Crippen LogP contribution in [0, 0.1) is 0 Å². The summed E-state index contributed by atoms with van der Waals surface area (Å²) in [6.07, 6.45) is 1.44. The number of nitrogens with one attached hydrogen (secondary N) is 1. The summed E-state index contributed by atoms with van der Waals surface area (Å²) < 4.78 is 1.45. The fourth-order valence-corrected chi connectivity index (χ4v) is 2.45. The minimum atomic E-state index is -0.287. The number of carbonyl (C=O) groups is 1. The lowest BCUT2D eigenvalue weighted by Crippen LogP contribution is -2.23. The van der Waals surface area contributed by atoms with Gasteiger partial charge >= 0.3 is 0 Å². The third kappa shape index (κ3) is 3.67. The van der Waals surface area contributed by atoms with E-state index in [1.165, 1.54) is 11.0 Å². The maximum absolute atomic E-state index is 12.4. The maximum atomic E-state index is 12.4. The first-order chi connectivity index (χ1) is 11.1. The second-order valence-electron chi connectivity index (χ2n) is 4.73. The van der Waals surface area contributed by atoms with Crippen LogP contribution in [0.5, 0.6) is 0 Å². The predicted octanol–water partition coefficient (Wildman–Crippen LogP) is 2.90. The molecule has 0 atom stereocenters. The van der Waals surface area contributed by atoms with Crippen molar-refractivity contribution in [1.82, 2.24) is 25.5 Å². The highest BCUT2D eigenvalue weighted by molar-refractivity contribution is 6.34. The van der Waals surface area contributed by atoms with Gasteiger partial charge in [0.25, 0.3) is 5.91 Å². The Balaban J connectivity index is 1.78. The lowest BCUT2D eigenvalue weighted by atomic mass is 10.1. The summed E-state index contributed by atoms with van der Waals surface area (Å²) in [6.45, 7) is 0.352. The molecule has 3 rings (SSSR count). The molecule has 0 aliphatic carbocycles. The minimum absolute atomic E-state index is 0.287. The normalized spacial score (nSPS) is 10.5. The highest BCUT2D eigenvalue weighted by atomic mass is 35.5. The molecule has 0 aliphatic rings. The van der Waals surface area contributed by atoms with Gasteiger partial charge in [-0.05, 0) is 46.3 Å². The van der Waals surface area contributed by atoms with Crippen LogP contribution in [0.25, 0.3) is 5.69 Å². The van der Waals surface area contributed by atoms with Crippen LogP contribution in [0.1, 0.15) is 15.9 Å². The summed E-state index contributed by atoms with van der Waals surface area (Å²) in [5, 5.41) is 14.7. The monoisotopic (exact) mass is 347 g/mol. The molecule has 0 unspecified atom stereocenters. The molecule has 0 bridgehead atoms. The molecule has 0 saturated heterocycles. The topological polar surface area (TPSA) is 72.7 Å². The third-order valence-corrected chi connectivity index (χ3v) is 3.71. The van der Waals surface area contributed by atoms with E-state index >= 15 is 0 Å². The van der Waals surface area contributed by atoms with E-state index in [4.69, 9.17) is 23.2 Å². The van der Waals surface area contributed by atoms with E-state index in [0.717, 1.165) is 5.56 Å². The molecule has 0 spiro atoms. The number of nitrogens with zero attached hydrogens (tertiary/aromatic N) is 4. The largest absolute Gasteiger partial charge is 0.348 e. The van der Waals surface area contributed by atoms with Crippen molar-refractivity contribution in [2.24, 2.45) is 0 Å². The standard InChI is InChI=1S/C15H11Cl2N5O/c16-11-3-1-2-10(6-11)8-18-15(23)13-7-12(4-5-14(13)17)22-9-19-20-21-22/h1-7,9H,8H2,(H,18,23). The summed E-state index contributed by atoms with van der Waals surface area (Å²) in [4.78, 5) is 12.4. The van der Waals surface area contributed by atoms with E-state index in [-0.39, 0.29) is 5.91 Å². The van der Waals surface area contributed by atoms with Crippen molar-refractivity contribution in [3.8, 4) is 5.69 Å². The summed E-state index contributed by atoms with van der Waals surface area (Å²) in [6, 6.07) is 12.3. The van der Waals surface area contributed by atoms with Crippen LogP contribution >= 0.6 is 23.2 Å². The molecule has 1 aromatic heterocycles. The molecule has 1 amide bonds. The number of carbonyl (C=O) groups excluding carboxylic acids is 1. The smallest absolute Gasteiger partial charge is 0.253 e. The van der Waals surface area contributed by atoms with Gasteiger partial charge in [-0.25, -0.2) is 4.68 Å². The van der Waals surface area contributed by atoms with Gasteiger partial charge in [-0.15, -0.1) is 5.10 Å². The molecule has 0 fully saturated rings. The number of hydrogen-bond acceptors (Lipinski definition) is 4. The van der Waals surface area contributed by atoms with Crippen molar-refractivity contribution in [2.45, 2.75) is 6.54 Å². The SMILES string of the molecule is O=C(NCc1cccc(Cl)c1)c1cc(-n2cnnn2)ccc1Cl. The zero-order valence-electron chi connectivity index (χ0n) is 11.8. The Labute approximate surface area is 142 Å². The Morgan fingerprint density at radius 1 is 1.17 bits per heavy atom. The van der Waals surface area contributed by atoms with Gasteiger partial charge in [0.15, 0.2) is 0 Å². The molecule has 2 aromatic carbocycles. The molecule has 116 valence electrons. The van der Waals surface area contributed by atoms with Gasteiger partial charge in [0.2, 0.25) is 0 Å². The number of benzene rings is 2. The highest BCUT2D eigenvalue weighted by Gasteiger charge is 2.12. The van der Waals surface area contributed by atoms with E-state index < -0.39 is 0 Å². The van der Waals surface area contributed by atoms with Crippen LogP contribution < -0.4 is 5.32 Å². The Hall–Kier alpha value is -2.44. The Morgan fingerprint density at radius 3 is 2.78 bits per heavy atom. The molecule has 23 heavy (non-hydrogen) atoms. The van der Waals surface area contributed by atoms with Gasteiger partial charge in [0, 0.05) is 11.6 Å². The molecule has 6 nitrogen and oxygen atoms in total. The van der Waals surface area contributed by atoms with Crippen LogP contribution in [0.4, 0.5) is 0 Å². The first-order valence-electron chi connectivity index (χ1n) is 6.69. The lowest BCUT2D eigenvalue weighted by molar-refractivity contribution is 0.0951. The van der Waals surface area contributed by atoms with Gasteiger partial charge in [-0.3, -0.25) is 4.79 Å². The fourth-order valence-electron chi connectivity index (χ4n) is 2.03. The Kier molecular flexibility index (Phi) is 4.55. The van der Waals surface area contributed by atoms with Gasteiger partial charge in [-0.1, -0.05) is 35.3 Å². The number of aromatic nitrogens is 4. The third-order valence-electron chi connectivity index (χ3n) is 3.15. The van der Waals surface area contributed by atoms with E-state index in [2.05, 4.69) is 20.8 Å². The molecule has 1 N–H and O–H groups in total. The summed E-state index contributed by atoms with van der Waals surface area (Å²) >= 11 is 12.0. The van der Waals surface area contributed by atoms with Crippen molar-refractivity contribution in [3.63, 3.8) is 0 Å². The molecular formula is C15H11Cl2N5O. The van der Waals surface area contributed by atoms with Gasteiger partial charge in [0.1, 0.15) is 6.33 Å². The van der Waals surface area contributed by atoms with Gasteiger partial charge < -0.3 is 5.32 Å². The Morgan fingerprint density at radius 2 is 2.04 bits per heavy atom. The first-order valence-corrected chi connectivity index (χ1v) is 7.44. The number of amides is 1. The number of tetrazole rings is 1. The summed E-state index contributed by atoms with van der Waals surface area (Å²) in [7, 11) is 0. The molecule has 8 heteroatoms. The second-order valence-corrected chi connectivity index (χ2v) is 5.57. The first kappa shape index (κ1) is 15.5. The van der Waals surface area contributed by atoms with E-state index in [9.17, 15) is 4.79 Å². The average Bonchev–Trinajstić information content (AvgIpc) is 3.07. The number of rotatable bonds is 4. The van der Waals surface area contributed by atoms with Gasteiger partial charge in [0.05, 0.1) is 16.3 Å². The minimum Gasteiger partial charge on any atom is -0.348 e. The highest BCUT2D eigenvalue weighted by Crippen LogP contribution is 2.19. The second kappa shape index (κ2) is 6.76. The average molecular weight is 348 g/mol. The van der Waals surface area contributed by atoms with Crippen LogP contribution in [0.2, 0.25) is 10.0 Å². The van der Waals surface area contributed by atoms with Crippen LogP contribution in [-0.2, 0) is 6.54 Å². The molecule has 0 saturated carbocycles. The van der Waals surface area contributed by atoms with Crippen molar-refractivity contribution < 1.29 is 4.79 Å². The number of hydrogen-bond donors (Lipinski definition) is 1. The molecule has 3 aromatic rings. The zero-order valence-corrected chi connectivity index (χ0v) is 13.3. The lowest BCUT2D eigenvalue weighted by Gasteiger charge is -2.09. The van der Waals surface area contributed by atoms with E-state index in [0.29, 0.717) is 27.8 Å². The zero-order chi connectivity index (χ0) is 16.2. The van der Waals surface area contributed by atoms with Crippen LogP contribution in [-0.4, -0.2) is 26.1 Å².